The molecule has 0 bridgehead atoms. The fourth-order valence-corrected chi connectivity index (χ4v) is 1.01. The van der Waals surface area contributed by atoms with Crippen molar-refractivity contribution in [2.45, 2.75) is 12.1 Å². The topological polar surface area (TPSA) is 89.3 Å². The smallest absolute Gasteiger partial charge is 0.237 e. The van der Waals surface area contributed by atoms with Gasteiger partial charge >= 0.3 is 0 Å². The van der Waals surface area contributed by atoms with Crippen molar-refractivity contribution in [3.8, 4) is 0 Å². The largest absolute Gasteiger partial charge is 0.386 e. The summed E-state index contributed by atoms with van der Waals surface area (Å²) in [7, 11) is 0. The van der Waals surface area contributed by atoms with Gasteiger partial charge < -0.3 is 16.6 Å². The summed E-state index contributed by atoms with van der Waals surface area (Å²) < 4.78 is 0. The average Bonchev–Trinajstić information content (AvgIpc) is 2.17. The van der Waals surface area contributed by atoms with Gasteiger partial charge in [-0.2, -0.15) is 0 Å². The van der Waals surface area contributed by atoms with Gasteiger partial charge in [0.15, 0.2) is 0 Å². The monoisotopic (exact) mass is 180 g/mol. The fraction of sp³-hybridized carbons (Fsp3) is 0.222. The van der Waals surface area contributed by atoms with Gasteiger partial charge in [0.25, 0.3) is 0 Å². The summed E-state index contributed by atoms with van der Waals surface area (Å²) in [4.78, 5) is 10.7. The minimum atomic E-state index is -1.05. The zero-order chi connectivity index (χ0) is 9.84. The van der Waals surface area contributed by atoms with E-state index in [1.165, 1.54) is 0 Å². The van der Waals surface area contributed by atoms with Crippen molar-refractivity contribution in [3.63, 3.8) is 0 Å². The van der Waals surface area contributed by atoms with Gasteiger partial charge in [0.2, 0.25) is 5.91 Å². The number of carbonyl (C=O) groups is 1. The molecule has 0 heterocycles. The summed E-state index contributed by atoms with van der Waals surface area (Å²) in [5, 5.41) is 9.53. The van der Waals surface area contributed by atoms with E-state index in [9.17, 15) is 9.90 Å². The molecule has 0 unspecified atom stereocenters. The van der Waals surface area contributed by atoms with E-state index >= 15 is 0 Å². The lowest BCUT2D eigenvalue weighted by atomic mass is 10.0. The fourth-order valence-electron chi connectivity index (χ4n) is 1.01. The van der Waals surface area contributed by atoms with Crippen molar-refractivity contribution in [1.82, 2.24) is 0 Å². The molecule has 0 radical (unpaired) electrons. The summed E-state index contributed by atoms with van der Waals surface area (Å²) in [5.74, 6) is -0.712. The van der Waals surface area contributed by atoms with Crippen molar-refractivity contribution in [3.05, 3.63) is 35.9 Å². The number of hydrogen-bond acceptors (Lipinski definition) is 3. The van der Waals surface area contributed by atoms with Gasteiger partial charge in [0.1, 0.15) is 12.1 Å². The molecule has 0 aromatic heterocycles. The van der Waals surface area contributed by atoms with Crippen LogP contribution in [0.1, 0.15) is 11.7 Å². The van der Waals surface area contributed by atoms with E-state index in [4.69, 9.17) is 11.5 Å². The Balaban J connectivity index is 2.79. The number of benzene rings is 1. The van der Waals surface area contributed by atoms with Gasteiger partial charge in [-0.1, -0.05) is 30.3 Å². The van der Waals surface area contributed by atoms with Crippen LogP contribution in [0.5, 0.6) is 0 Å². The van der Waals surface area contributed by atoms with E-state index in [0.717, 1.165) is 0 Å². The molecule has 0 aliphatic heterocycles. The maximum absolute atomic E-state index is 10.7. The van der Waals surface area contributed by atoms with Gasteiger partial charge in [-0.05, 0) is 5.56 Å². The van der Waals surface area contributed by atoms with Crippen LogP contribution in [0, 0.1) is 0 Å². The second-order valence-corrected chi connectivity index (χ2v) is 2.78. The molecule has 70 valence electrons. The highest BCUT2D eigenvalue weighted by Gasteiger charge is 2.21. The van der Waals surface area contributed by atoms with E-state index in [-0.39, 0.29) is 0 Å². The second-order valence-electron chi connectivity index (χ2n) is 2.78. The number of carbonyl (C=O) groups excluding carboxylic acids is 1. The van der Waals surface area contributed by atoms with Crippen LogP contribution < -0.4 is 11.5 Å². The molecular formula is C9H12N2O2. The summed E-state index contributed by atoms with van der Waals surface area (Å²) in [6.45, 7) is 0. The zero-order valence-electron chi connectivity index (χ0n) is 7.05. The van der Waals surface area contributed by atoms with Crippen molar-refractivity contribution >= 4 is 5.91 Å². The molecule has 1 rings (SSSR count). The van der Waals surface area contributed by atoms with Crippen LogP contribution in [0.4, 0.5) is 0 Å². The molecule has 0 aliphatic rings. The number of hydrogen-bond donors (Lipinski definition) is 3. The third-order valence-electron chi connectivity index (χ3n) is 1.81. The molecule has 1 aromatic carbocycles. The molecule has 13 heavy (non-hydrogen) atoms. The summed E-state index contributed by atoms with van der Waals surface area (Å²) in [6.07, 6.45) is -1.03. The molecule has 4 heteroatoms. The van der Waals surface area contributed by atoms with Crippen LogP contribution in [0.15, 0.2) is 30.3 Å². The first kappa shape index (κ1) is 9.70. The molecule has 2 atom stereocenters. The number of amides is 1. The van der Waals surface area contributed by atoms with Crippen LogP contribution in [-0.4, -0.2) is 17.1 Å². The highest BCUT2D eigenvalue weighted by Crippen LogP contribution is 2.14. The Morgan fingerprint density at radius 3 is 2.31 bits per heavy atom. The second kappa shape index (κ2) is 4.02. The molecule has 0 saturated carbocycles. The van der Waals surface area contributed by atoms with Crippen LogP contribution in [0.2, 0.25) is 0 Å². The number of aliphatic hydroxyl groups excluding tert-OH is 1. The maximum Gasteiger partial charge on any atom is 0.237 e. The molecule has 0 saturated heterocycles. The number of nitrogens with two attached hydrogens (primary N) is 2. The summed E-state index contributed by atoms with van der Waals surface area (Å²) in [6, 6.07) is 7.65. The predicted octanol–water partition coefficient (Wildman–Crippen LogP) is -0.467. The molecule has 0 spiro atoms. The quantitative estimate of drug-likeness (QED) is 0.587. The van der Waals surface area contributed by atoms with Crippen LogP contribution >= 0.6 is 0 Å². The third-order valence-corrected chi connectivity index (χ3v) is 1.81. The minimum absolute atomic E-state index is 0.591. The van der Waals surface area contributed by atoms with Gasteiger partial charge in [-0.25, -0.2) is 0 Å². The van der Waals surface area contributed by atoms with Crippen LogP contribution in [-0.2, 0) is 4.79 Å². The lowest BCUT2D eigenvalue weighted by Gasteiger charge is -2.15. The van der Waals surface area contributed by atoms with E-state index in [2.05, 4.69) is 0 Å². The first-order chi connectivity index (χ1) is 6.13. The number of aliphatic hydroxyl groups is 1. The van der Waals surface area contributed by atoms with Crippen LogP contribution in [0.3, 0.4) is 0 Å². The van der Waals surface area contributed by atoms with E-state index in [1.807, 2.05) is 6.07 Å². The van der Waals surface area contributed by atoms with Crippen molar-refractivity contribution in [1.29, 1.82) is 0 Å². The van der Waals surface area contributed by atoms with Gasteiger partial charge in [0, 0.05) is 0 Å². The number of rotatable bonds is 3. The molecule has 0 fully saturated rings. The Hall–Kier alpha value is -1.39. The van der Waals surface area contributed by atoms with Crippen molar-refractivity contribution in [2.75, 3.05) is 0 Å². The summed E-state index contributed by atoms with van der Waals surface area (Å²) >= 11 is 0. The highest BCUT2D eigenvalue weighted by molar-refractivity contribution is 5.80. The van der Waals surface area contributed by atoms with Crippen LogP contribution in [0.25, 0.3) is 0 Å². The third kappa shape index (κ3) is 2.27. The average molecular weight is 180 g/mol. The number of primary amides is 1. The highest BCUT2D eigenvalue weighted by atomic mass is 16.3. The first-order valence-corrected chi connectivity index (χ1v) is 3.91. The lowest BCUT2D eigenvalue weighted by molar-refractivity contribution is -0.121. The standard InChI is InChI=1S/C9H12N2O2/c10-7(9(11)13)8(12)6-4-2-1-3-5-6/h1-5,7-8,12H,10H2,(H2,11,13)/t7-,8+/m0/s1. The Morgan fingerprint density at radius 1 is 1.31 bits per heavy atom. The van der Waals surface area contributed by atoms with Gasteiger partial charge in [-0.3, -0.25) is 4.79 Å². The molecule has 5 N–H and O–H groups in total. The van der Waals surface area contributed by atoms with Gasteiger partial charge in [-0.15, -0.1) is 0 Å². The Kier molecular flexibility index (Phi) is 3.00. The normalized spacial score (nSPS) is 14.9. The first-order valence-electron chi connectivity index (χ1n) is 3.91. The van der Waals surface area contributed by atoms with Crippen molar-refractivity contribution < 1.29 is 9.90 Å². The summed E-state index contributed by atoms with van der Waals surface area (Å²) in [5.41, 5.74) is 10.9. The Labute approximate surface area is 76.2 Å². The Bertz CT molecular complexity index is 287. The molecular weight excluding hydrogens is 168 g/mol. The molecule has 1 aromatic rings. The molecule has 0 aliphatic carbocycles. The maximum atomic E-state index is 10.7. The van der Waals surface area contributed by atoms with E-state index < -0.39 is 18.1 Å². The SMILES string of the molecule is NC(=O)[C@@H](N)[C@H](O)c1ccccc1. The van der Waals surface area contributed by atoms with E-state index in [1.54, 1.807) is 24.3 Å². The van der Waals surface area contributed by atoms with E-state index in [0.29, 0.717) is 5.56 Å². The van der Waals surface area contributed by atoms with Gasteiger partial charge in [0.05, 0.1) is 0 Å². The minimum Gasteiger partial charge on any atom is -0.386 e. The van der Waals surface area contributed by atoms with Crippen molar-refractivity contribution in [2.24, 2.45) is 11.5 Å². The Morgan fingerprint density at radius 2 is 1.85 bits per heavy atom. The predicted molar refractivity (Wildman–Crippen MR) is 48.6 cm³/mol. The molecule has 4 nitrogen and oxygen atoms in total. The molecule has 1 amide bonds. The zero-order valence-corrected chi connectivity index (χ0v) is 7.05. The lowest BCUT2D eigenvalue weighted by Crippen LogP contribution is -2.41.